The van der Waals surface area contributed by atoms with Crippen LogP contribution < -0.4 is 5.73 Å². The summed E-state index contributed by atoms with van der Waals surface area (Å²) < 4.78 is 53.7. The van der Waals surface area contributed by atoms with E-state index in [-0.39, 0.29) is 11.8 Å². The van der Waals surface area contributed by atoms with Crippen LogP contribution in [0.5, 0.6) is 0 Å². The van der Waals surface area contributed by atoms with Crippen LogP contribution in [0.1, 0.15) is 0 Å². The summed E-state index contributed by atoms with van der Waals surface area (Å²) in [6.45, 7) is -0.330. The molecule has 1 saturated heterocycles. The summed E-state index contributed by atoms with van der Waals surface area (Å²) in [6, 6.07) is -1.06. The maximum absolute atomic E-state index is 11.8. The maximum atomic E-state index is 11.8. The molecule has 4 N–H and O–H groups in total. The minimum atomic E-state index is -4.47. The Morgan fingerprint density at radius 3 is 2.43 bits per heavy atom. The molecule has 0 radical (unpaired) electrons. The summed E-state index contributed by atoms with van der Waals surface area (Å²) >= 11 is -3.08. The Hall–Kier alpha value is 0.0684. The van der Waals surface area contributed by atoms with Gasteiger partial charge in [-0.15, -0.1) is 0 Å². The SMILES string of the molecule is C[As](C)(=O)CC1OC(OCC(N)CS(=O)(=O)[O-])C(O)C1O. The third-order valence-corrected chi connectivity index (χ3v) is 6.27. The molecule has 1 rings (SSSR count). The van der Waals surface area contributed by atoms with Gasteiger partial charge in [0.25, 0.3) is 0 Å². The zero-order valence-corrected chi connectivity index (χ0v) is 14.5. The molecule has 1 aliphatic rings. The van der Waals surface area contributed by atoms with Gasteiger partial charge in [-0.25, -0.2) is 0 Å². The average Bonchev–Trinajstić information content (AvgIpc) is 2.50. The van der Waals surface area contributed by atoms with Gasteiger partial charge in [-0.3, -0.25) is 0 Å². The van der Waals surface area contributed by atoms with Crippen LogP contribution in [-0.4, -0.2) is 79.7 Å². The van der Waals surface area contributed by atoms with Crippen molar-refractivity contribution in [3.63, 3.8) is 0 Å². The van der Waals surface area contributed by atoms with Crippen molar-refractivity contribution in [2.75, 3.05) is 12.4 Å². The second kappa shape index (κ2) is 7.10. The van der Waals surface area contributed by atoms with Gasteiger partial charge in [0.2, 0.25) is 0 Å². The Morgan fingerprint density at radius 1 is 1.38 bits per heavy atom. The van der Waals surface area contributed by atoms with Crippen molar-refractivity contribution in [1.82, 2.24) is 0 Å². The molecular formula is C10H21AsNO8S-. The number of nitrogens with two attached hydrogens (primary N) is 1. The Bertz CT molecular complexity index is 491. The van der Waals surface area contributed by atoms with Crippen molar-refractivity contribution >= 4 is 23.6 Å². The van der Waals surface area contributed by atoms with Gasteiger partial charge in [0.05, 0.1) is 0 Å². The summed E-state index contributed by atoms with van der Waals surface area (Å²) in [5.74, 6) is -0.802. The van der Waals surface area contributed by atoms with Gasteiger partial charge in [-0.2, -0.15) is 0 Å². The second-order valence-electron chi connectivity index (χ2n) is 5.60. The first-order chi connectivity index (χ1) is 9.39. The molecule has 1 fully saturated rings. The summed E-state index contributed by atoms with van der Waals surface area (Å²) in [5.41, 5.74) is 8.58. The van der Waals surface area contributed by atoms with E-state index in [1.807, 2.05) is 0 Å². The Labute approximate surface area is 125 Å². The van der Waals surface area contributed by atoms with Crippen LogP contribution in [0.3, 0.4) is 0 Å². The van der Waals surface area contributed by atoms with E-state index in [4.69, 9.17) is 15.2 Å². The van der Waals surface area contributed by atoms with Gasteiger partial charge in [0.15, 0.2) is 0 Å². The van der Waals surface area contributed by atoms with E-state index in [2.05, 4.69) is 0 Å². The Balaban J connectivity index is 2.52. The molecule has 0 saturated carbocycles. The van der Waals surface area contributed by atoms with Crippen molar-refractivity contribution in [2.45, 2.75) is 47.3 Å². The van der Waals surface area contributed by atoms with Crippen molar-refractivity contribution < 1.29 is 36.4 Å². The van der Waals surface area contributed by atoms with Gasteiger partial charge in [0, 0.05) is 0 Å². The molecule has 1 aliphatic heterocycles. The minimum absolute atomic E-state index is 0.136. The molecule has 0 bridgehead atoms. The van der Waals surface area contributed by atoms with E-state index in [1.54, 1.807) is 11.4 Å². The van der Waals surface area contributed by atoms with Crippen LogP contribution in [-0.2, 0) is 23.3 Å². The van der Waals surface area contributed by atoms with Crippen LogP contribution in [0.15, 0.2) is 0 Å². The molecular weight excluding hydrogens is 369 g/mol. The van der Waals surface area contributed by atoms with Gasteiger partial charge in [-0.05, 0) is 0 Å². The van der Waals surface area contributed by atoms with E-state index in [9.17, 15) is 26.9 Å². The molecule has 0 aliphatic carbocycles. The molecule has 1 heterocycles. The van der Waals surface area contributed by atoms with Crippen molar-refractivity contribution in [3.05, 3.63) is 0 Å². The second-order valence-corrected chi connectivity index (χ2v) is 14.4. The molecule has 0 aromatic carbocycles. The van der Waals surface area contributed by atoms with Crippen LogP contribution >= 0.6 is 0 Å². The van der Waals surface area contributed by atoms with Gasteiger partial charge < -0.3 is 0 Å². The fourth-order valence-corrected chi connectivity index (χ4v) is 5.04. The Kier molecular flexibility index (Phi) is 6.46. The monoisotopic (exact) mass is 390 g/mol. The topological polar surface area (TPSA) is 159 Å². The molecule has 5 atom stereocenters. The van der Waals surface area contributed by atoms with E-state index < -0.39 is 60.0 Å². The molecule has 0 spiro atoms. The quantitative estimate of drug-likeness (QED) is 0.329. The first-order valence-corrected chi connectivity index (χ1v) is 13.7. The van der Waals surface area contributed by atoms with Crippen LogP contribution in [0.2, 0.25) is 16.6 Å². The molecule has 0 aromatic heterocycles. The van der Waals surface area contributed by atoms with Crippen LogP contribution in [0.4, 0.5) is 0 Å². The summed E-state index contributed by atoms with van der Waals surface area (Å²) in [4.78, 5) is 0. The van der Waals surface area contributed by atoms with Gasteiger partial charge >= 0.3 is 125 Å². The van der Waals surface area contributed by atoms with Crippen LogP contribution in [0.25, 0.3) is 0 Å². The third-order valence-electron chi connectivity index (χ3n) is 2.83. The molecule has 0 aromatic rings. The number of hydrogen-bond acceptors (Lipinski definition) is 9. The number of rotatable bonds is 7. The first-order valence-electron chi connectivity index (χ1n) is 6.25. The van der Waals surface area contributed by atoms with Crippen molar-refractivity contribution in [3.8, 4) is 0 Å². The number of hydrogen-bond donors (Lipinski definition) is 3. The third kappa shape index (κ3) is 6.79. The molecule has 9 nitrogen and oxygen atoms in total. The first kappa shape index (κ1) is 19.1. The van der Waals surface area contributed by atoms with E-state index in [0.717, 1.165) is 0 Å². The van der Waals surface area contributed by atoms with E-state index >= 15 is 0 Å². The number of ether oxygens (including phenoxy) is 2. The van der Waals surface area contributed by atoms with Crippen LogP contribution in [0, 0.1) is 0 Å². The van der Waals surface area contributed by atoms with E-state index in [0.29, 0.717) is 0 Å². The summed E-state index contributed by atoms with van der Waals surface area (Å²) in [6.07, 6.45) is -4.62. The van der Waals surface area contributed by atoms with E-state index in [1.165, 1.54) is 0 Å². The number of aliphatic hydroxyl groups excluding tert-OH is 2. The molecule has 21 heavy (non-hydrogen) atoms. The average molecular weight is 390 g/mol. The zero-order valence-electron chi connectivity index (χ0n) is 11.8. The molecule has 5 unspecified atom stereocenters. The normalized spacial score (nSPS) is 32.3. The molecule has 126 valence electrons. The molecule has 11 heteroatoms. The van der Waals surface area contributed by atoms with Crippen molar-refractivity contribution in [1.29, 1.82) is 0 Å². The van der Waals surface area contributed by atoms with Gasteiger partial charge in [-0.1, -0.05) is 0 Å². The predicted molar refractivity (Wildman–Crippen MR) is 72.1 cm³/mol. The Morgan fingerprint density at radius 2 is 1.95 bits per heavy atom. The van der Waals surface area contributed by atoms with Crippen molar-refractivity contribution in [2.24, 2.45) is 5.73 Å². The number of aliphatic hydroxyl groups is 2. The fraction of sp³-hybridized carbons (Fsp3) is 1.00. The summed E-state index contributed by atoms with van der Waals surface area (Å²) in [5, 5.41) is 19.7. The standard InChI is InChI=1S/C10H22AsNO8S/c1-11(2,15)3-7-8(13)9(14)10(20-7)19-4-6(12)5-21(16,17)18/h6-10,13-14H,3-5,12H2,1-2H3,(H,16,17,18)/p-1. The zero-order chi connectivity index (χ0) is 16.4. The fourth-order valence-electron chi connectivity index (χ4n) is 1.97. The predicted octanol–water partition coefficient (Wildman–Crippen LogP) is -2.04. The van der Waals surface area contributed by atoms with Gasteiger partial charge in [0.1, 0.15) is 0 Å². The molecule has 0 amide bonds. The summed E-state index contributed by atoms with van der Waals surface area (Å²) in [7, 11) is -4.47.